The molecular weight excluding hydrogens is 326 g/mol. The van der Waals surface area contributed by atoms with E-state index in [0.29, 0.717) is 6.54 Å². The van der Waals surface area contributed by atoms with Crippen LogP contribution in [0.15, 0.2) is 29.1 Å². The molecule has 0 saturated carbocycles. The lowest BCUT2D eigenvalue weighted by atomic mass is 9.88. The van der Waals surface area contributed by atoms with E-state index in [1.807, 2.05) is 24.3 Å². The molecule has 0 radical (unpaired) electrons. The molecule has 0 aliphatic carbocycles. The molecule has 0 bridgehead atoms. The zero-order chi connectivity index (χ0) is 17.6. The fraction of sp³-hybridized carbons (Fsp3) is 0.353. The standard InChI is InChI=1S/C17H19N3O3S/c1-10(21)20-9-8-11-6-4-5-7-12(11)14(20)13-15(22)18(2)17(24)19(3)16(13)23/h4-7,14,22H,8-9H2,1-3H3. The van der Waals surface area contributed by atoms with Gasteiger partial charge in [-0.15, -0.1) is 0 Å². The lowest BCUT2D eigenvalue weighted by molar-refractivity contribution is -0.130. The normalized spacial score (nSPS) is 16.8. The molecule has 0 fully saturated rings. The maximum Gasteiger partial charge on any atom is 0.263 e. The van der Waals surface area contributed by atoms with Crippen LogP contribution in [0.5, 0.6) is 5.88 Å². The predicted octanol–water partition coefficient (Wildman–Crippen LogP) is 1.65. The second kappa shape index (κ2) is 5.90. The van der Waals surface area contributed by atoms with Crippen molar-refractivity contribution in [1.29, 1.82) is 0 Å². The van der Waals surface area contributed by atoms with Gasteiger partial charge in [-0.2, -0.15) is 0 Å². The fourth-order valence-electron chi connectivity index (χ4n) is 3.32. The van der Waals surface area contributed by atoms with Crippen LogP contribution in [0, 0.1) is 4.77 Å². The van der Waals surface area contributed by atoms with Crippen LogP contribution in [-0.2, 0) is 25.3 Å². The first-order valence-corrected chi connectivity index (χ1v) is 8.09. The zero-order valence-corrected chi connectivity index (χ0v) is 14.6. The third-order valence-electron chi connectivity index (χ3n) is 4.63. The van der Waals surface area contributed by atoms with E-state index < -0.39 is 6.04 Å². The van der Waals surface area contributed by atoms with Crippen LogP contribution in [0.3, 0.4) is 0 Å². The van der Waals surface area contributed by atoms with Crippen molar-refractivity contribution < 1.29 is 9.90 Å². The predicted molar refractivity (Wildman–Crippen MR) is 92.5 cm³/mol. The first-order chi connectivity index (χ1) is 11.3. The molecule has 126 valence electrons. The minimum absolute atomic E-state index is 0.138. The van der Waals surface area contributed by atoms with Crippen LogP contribution in [0.2, 0.25) is 0 Å². The van der Waals surface area contributed by atoms with E-state index in [2.05, 4.69) is 0 Å². The number of amides is 1. The van der Waals surface area contributed by atoms with Crippen molar-refractivity contribution in [1.82, 2.24) is 14.0 Å². The van der Waals surface area contributed by atoms with Crippen molar-refractivity contribution in [3.8, 4) is 5.88 Å². The van der Waals surface area contributed by atoms with Gasteiger partial charge in [-0.3, -0.25) is 18.7 Å². The molecular formula is C17H19N3O3S. The van der Waals surface area contributed by atoms with Crippen molar-refractivity contribution in [2.75, 3.05) is 6.54 Å². The van der Waals surface area contributed by atoms with Gasteiger partial charge < -0.3 is 10.0 Å². The Hall–Kier alpha value is -2.41. The molecule has 6 nitrogen and oxygen atoms in total. The maximum absolute atomic E-state index is 12.8. The highest BCUT2D eigenvalue weighted by atomic mass is 32.1. The molecule has 24 heavy (non-hydrogen) atoms. The number of hydrogen-bond acceptors (Lipinski definition) is 4. The van der Waals surface area contributed by atoms with E-state index in [1.54, 1.807) is 19.0 Å². The number of carbonyl (C=O) groups is 1. The molecule has 1 aromatic heterocycles. The number of carbonyl (C=O) groups excluding carboxylic acids is 1. The third-order valence-corrected chi connectivity index (χ3v) is 5.18. The van der Waals surface area contributed by atoms with Crippen molar-refractivity contribution in [2.45, 2.75) is 19.4 Å². The molecule has 7 heteroatoms. The number of rotatable bonds is 1. The molecule has 1 atom stereocenters. The van der Waals surface area contributed by atoms with Crippen molar-refractivity contribution in [3.63, 3.8) is 0 Å². The smallest absolute Gasteiger partial charge is 0.263 e. The highest BCUT2D eigenvalue weighted by Crippen LogP contribution is 2.36. The van der Waals surface area contributed by atoms with Crippen LogP contribution >= 0.6 is 12.2 Å². The summed E-state index contributed by atoms with van der Waals surface area (Å²) >= 11 is 5.17. The Morgan fingerprint density at radius 2 is 1.92 bits per heavy atom. The SMILES string of the molecule is CC(=O)N1CCc2ccccc2C1c1c(O)n(C)c(=S)n(C)c1=O. The van der Waals surface area contributed by atoms with Gasteiger partial charge in [0.25, 0.3) is 5.56 Å². The van der Waals surface area contributed by atoms with Gasteiger partial charge in [-0.25, -0.2) is 0 Å². The molecule has 1 unspecified atom stereocenters. The highest BCUT2D eigenvalue weighted by Gasteiger charge is 2.35. The number of hydrogen-bond donors (Lipinski definition) is 1. The van der Waals surface area contributed by atoms with Crippen LogP contribution in [0.25, 0.3) is 0 Å². The lowest BCUT2D eigenvalue weighted by Crippen LogP contribution is -2.42. The Labute approximate surface area is 144 Å². The molecule has 0 spiro atoms. The number of nitrogens with zero attached hydrogens (tertiary/aromatic N) is 3. The van der Waals surface area contributed by atoms with E-state index in [1.165, 1.54) is 16.1 Å². The molecule has 2 heterocycles. The highest BCUT2D eigenvalue weighted by molar-refractivity contribution is 7.71. The summed E-state index contributed by atoms with van der Waals surface area (Å²) < 4.78 is 2.93. The van der Waals surface area contributed by atoms with Gasteiger partial charge in [0.1, 0.15) is 5.56 Å². The molecule has 1 N–H and O–H groups in total. The van der Waals surface area contributed by atoms with Crippen molar-refractivity contribution in [3.05, 3.63) is 56.1 Å². The summed E-state index contributed by atoms with van der Waals surface area (Å²) in [6, 6.07) is 7.08. The Balaban J connectivity index is 2.36. The summed E-state index contributed by atoms with van der Waals surface area (Å²) in [5.41, 5.74) is 1.73. The van der Waals surface area contributed by atoms with E-state index in [9.17, 15) is 14.7 Å². The molecule has 1 aliphatic heterocycles. The maximum atomic E-state index is 12.8. The lowest BCUT2D eigenvalue weighted by Gasteiger charge is -2.37. The van der Waals surface area contributed by atoms with Gasteiger partial charge in [0.2, 0.25) is 11.8 Å². The Bertz CT molecular complexity index is 945. The van der Waals surface area contributed by atoms with E-state index in [4.69, 9.17) is 12.2 Å². The Kier molecular flexibility index (Phi) is 4.04. The van der Waals surface area contributed by atoms with Crippen LogP contribution in [-0.4, -0.2) is 31.6 Å². The quantitative estimate of drug-likeness (QED) is 0.798. The minimum atomic E-state index is -0.618. The van der Waals surface area contributed by atoms with Crippen LogP contribution in [0.4, 0.5) is 0 Å². The Morgan fingerprint density at radius 1 is 1.25 bits per heavy atom. The molecule has 3 rings (SSSR count). The summed E-state index contributed by atoms with van der Waals surface area (Å²) in [5.74, 6) is -0.336. The third kappa shape index (κ3) is 2.36. The zero-order valence-electron chi connectivity index (χ0n) is 13.8. The largest absolute Gasteiger partial charge is 0.494 e. The summed E-state index contributed by atoms with van der Waals surface area (Å²) in [7, 11) is 3.17. The van der Waals surface area contributed by atoms with Crippen LogP contribution in [0.1, 0.15) is 29.7 Å². The molecule has 1 amide bonds. The van der Waals surface area contributed by atoms with Crippen molar-refractivity contribution in [2.24, 2.45) is 14.1 Å². The molecule has 0 saturated heterocycles. The van der Waals surface area contributed by atoms with E-state index in [-0.39, 0.29) is 27.7 Å². The van der Waals surface area contributed by atoms with Gasteiger partial charge in [-0.05, 0) is 29.8 Å². The molecule has 2 aromatic rings. The number of aromatic hydroxyl groups is 1. The second-order valence-electron chi connectivity index (χ2n) is 6.01. The fourth-order valence-corrected chi connectivity index (χ4v) is 3.49. The monoisotopic (exact) mass is 345 g/mol. The summed E-state index contributed by atoms with van der Waals surface area (Å²) in [6.07, 6.45) is 0.721. The van der Waals surface area contributed by atoms with Crippen molar-refractivity contribution >= 4 is 18.1 Å². The van der Waals surface area contributed by atoms with Gasteiger partial charge in [-0.1, -0.05) is 24.3 Å². The Morgan fingerprint density at radius 3 is 2.58 bits per heavy atom. The van der Waals surface area contributed by atoms with E-state index >= 15 is 0 Å². The topological polar surface area (TPSA) is 67.5 Å². The first-order valence-electron chi connectivity index (χ1n) is 7.68. The summed E-state index contributed by atoms with van der Waals surface area (Å²) in [6.45, 7) is 1.98. The summed E-state index contributed by atoms with van der Waals surface area (Å²) in [4.78, 5) is 26.6. The average Bonchev–Trinajstić information content (AvgIpc) is 2.58. The average molecular weight is 345 g/mol. The molecule has 1 aromatic carbocycles. The summed E-state index contributed by atoms with van der Waals surface area (Å²) in [5, 5.41) is 10.6. The van der Waals surface area contributed by atoms with Gasteiger partial charge in [0.15, 0.2) is 4.77 Å². The van der Waals surface area contributed by atoms with Gasteiger partial charge >= 0.3 is 0 Å². The van der Waals surface area contributed by atoms with Crippen LogP contribution < -0.4 is 5.56 Å². The second-order valence-corrected chi connectivity index (χ2v) is 6.37. The van der Waals surface area contributed by atoms with Gasteiger partial charge in [0.05, 0.1) is 6.04 Å². The molecule has 1 aliphatic rings. The van der Waals surface area contributed by atoms with Gasteiger partial charge in [0, 0.05) is 27.6 Å². The first kappa shape index (κ1) is 16.4. The van der Waals surface area contributed by atoms with E-state index in [0.717, 1.165) is 17.5 Å². The number of benzene rings is 1. The number of fused-ring (bicyclic) bond motifs is 1. The minimum Gasteiger partial charge on any atom is -0.494 e. The number of aromatic nitrogens is 2.